The average molecular weight is 240 g/mol. The molecule has 2 rings (SSSR count). The lowest BCUT2D eigenvalue weighted by Crippen LogP contribution is -2.01. The van der Waals surface area contributed by atoms with Crippen LogP contribution >= 0.6 is 11.6 Å². The number of nitro groups is 1. The summed E-state index contributed by atoms with van der Waals surface area (Å²) in [7, 11) is 0. The zero-order valence-corrected chi connectivity index (χ0v) is 9.91. The number of benzene rings is 1. The standard InChI is InChI=1S/C12H14ClNO2/c1-2-10(8-3-4-8)9-5-6-11(13)12(7-9)14(15)16/h5-8,10H,2-4H2,1H3. The summed E-state index contributed by atoms with van der Waals surface area (Å²) in [6.45, 7) is 2.13. The molecule has 0 saturated heterocycles. The maximum atomic E-state index is 10.8. The Balaban J connectivity index is 2.33. The molecule has 0 aliphatic heterocycles. The van der Waals surface area contributed by atoms with E-state index in [4.69, 9.17) is 11.6 Å². The Morgan fingerprint density at radius 3 is 2.75 bits per heavy atom. The van der Waals surface area contributed by atoms with Gasteiger partial charge in [0.25, 0.3) is 5.69 Å². The van der Waals surface area contributed by atoms with Gasteiger partial charge in [-0.25, -0.2) is 0 Å². The fraction of sp³-hybridized carbons (Fsp3) is 0.500. The first kappa shape index (κ1) is 11.4. The topological polar surface area (TPSA) is 43.1 Å². The van der Waals surface area contributed by atoms with Gasteiger partial charge in [0.15, 0.2) is 0 Å². The molecule has 1 fully saturated rings. The van der Waals surface area contributed by atoms with Gasteiger partial charge in [-0.3, -0.25) is 10.1 Å². The van der Waals surface area contributed by atoms with Crippen LogP contribution in [0.5, 0.6) is 0 Å². The monoisotopic (exact) mass is 239 g/mol. The van der Waals surface area contributed by atoms with E-state index in [2.05, 4.69) is 6.92 Å². The second kappa shape index (κ2) is 4.42. The van der Waals surface area contributed by atoms with Crippen molar-refractivity contribution in [3.63, 3.8) is 0 Å². The van der Waals surface area contributed by atoms with Crippen molar-refractivity contribution in [2.24, 2.45) is 5.92 Å². The summed E-state index contributed by atoms with van der Waals surface area (Å²) in [5, 5.41) is 11.0. The highest BCUT2D eigenvalue weighted by Crippen LogP contribution is 2.45. The quantitative estimate of drug-likeness (QED) is 0.585. The van der Waals surface area contributed by atoms with Crippen LogP contribution in [-0.2, 0) is 0 Å². The molecular formula is C12H14ClNO2. The first-order chi connectivity index (χ1) is 7.63. The van der Waals surface area contributed by atoms with E-state index in [-0.39, 0.29) is 10.7 Å². The zero-order valence-electron chi connectivity index (χ0n) is 9.15. The van der Waals surface area contributed by atoms with Gasteiger partial charge in [-0.2, -0.15) is 0 Å². The summed E-state index contributed by atoms with van der Waals surface area (Å²) < 4.78 is 0. The molecule has 0 heterocycles. The average Bonchev–Trinajstić information content (AvgIpc) is 3.05. The fourth-order valence-electron chi connectivity index (χ4n) is 2.24. The van der Waals surface area contributed by atoms with E-state index in [1.54, 1.807) is 12.1 Å². The fourth-order valence-corrected chi connectivity index (χ4v) is 2.43. The Hall–Kier alpha value is -1.09. The van der Waals surface area contributed by atoms with Crippen LogP contribution in [0.2, 0.25) is 5.02 Å². The molecule has 1 aliphatic rings. The van der Waals surface area contributed by atoms with Crippen molar-refractivity contribution in [2.75, 3.05) is 0 Å². The molecule has 0 aromatic heterocycles. The van der Waals surface area contributed by atoms with Gasteiger partial charge in [-0.15, -0.1) is 0 Å². The summed E-state index contributed by atoms with van der Waals surface area (Å²) >= 11 is 5.79. The van der Waals surface area contributed by atoms with E-state index in [9.17, 15) is 10.1 Å². The number of rotatable bonds is 4. The van der Waals surface area contributed by atoms with Crippen molar-refractivity contribution in [1.82, 2.24) is 0 Å². The Morgan fingerprint density at radius 2 is 2.25 bits per heavy atom. The SMILES string of the molecule is CCC(c1ccc(Cl)c([N+](=O)[O-])c1)C1CC1. The first-order valence-electron chi connectivity index (χ1n) is 5.57. The minimum Gasteiger partial charge on any atom is -0.258 e. The zero-order chi connectivity index (χ0) is 11.7. The van der Waals surface area contributed by atoms with Crippen molar-refractivity contribution in [3.8, 4) is 0 Å². The largest absolute Gasteiger partial charge is 0.288 e. The van der Waals surface area contributed by atoms with Crippen molar-refractivity contribution in [2.45, 2.75) is 32.1 Å². The van der Waals surface area contributed by atoms with Gasteiger partial charge in [0.05, 0.1) is 4.92 Å². The highest BCUT2D eigenvalue weighted by Gasteiger charge is 2.31. The van der Waals surface area contributed by atoms with Gasteiger partial charge in [0, 0.05) is 6.07 Å². The van der Waals surface area contributed by atoms with Crippen LogP contribution in [0.4, 0.5) is 5.69 Å². The van der Waals surface area contributed by atoms with Crippen LogP contribution in [0.3, 0.4) is 0 Å². The molecule has 0 amide bonds. The Labute approximate surface area is 99.6 Å². The Kier molecular flexibility index (Phi) is 3.15. The van der Waals surface area contributed by atoms with Crippen LogP contribution in [-0.4, -0.2) is 4.92 Å². The van der Waals surface area contributed by atoms with Gasteiger partial charge in [0.1, 0.15) is 5.02 Å². The lowest BCUT2D eigenvalue weighted by atomic mass is 9.91. The molecule has 1 aromatic carbocycles. The molecule has 1 saturated carbocycles. The molecule has 0 radical (unpaired) electrons. The summed E-state index contributed by atoms with van der Waals surface area (Å²) in [6, 6.07) is 5.19. The number of hydrogen-bond donors (Lipinski definition) is 0. The van der Waals surface area contributed by atoms with Gasteiger partial charge >= 0.3 is 0 Å². The van der Waals surface area contributed by atoms with Crippen molar-refractivity contribution in [1.29, 1.82) is 0 Å². The molecule has 3 nitrogen and oxygen atoms in total. The Bertz CT molecular complexity index is 415. The minimum atomic E-state index is -0.411. The first-order valence-corrected chi connectivity index (χ1v) is 5.95. The molecule has 1 aromatic rings. The minimum absolute atomic E-state index is 0.0262. The van der Waals surface area contributed by atoms with Crippen molar-refractivity contribution >= 4 is 17.3 Å². The molecule has 0 spiro atoms. The predicted molar refractivity (Wildman–Crippen MR) is 63.9 cm³/mol. The molecule has 1 atom stereocenters. The van der Waals surface area contributed by atoms with E-state index in [1.807, 2.05) is 6.07 Å². The number of nitrogens with zero attached hydrogens (tertiary/aromatic N) is 1. The summed E-state index contributed by atoms with van der Waals surface area (Å²) in [5.41, 5.74) is 1.08. The van der Waals surface area contributed by atoms with Crippen molar-refractivity contribution < 1.29 is 4.92 Å². The molecule has 1 aliphatic carbocycles. The van der Waals surface area contributed by atoms with E-state index < -0.39 is 4.92 Å². The number of nitro benzene ring substituents is 1. The third-order valence-electron chi connectivity index (χ3n) is 3.23. The normalized spacial score (nSPS) is 17.1. The van der Waals surface area contributed by atoms with Gasteiger partial charge in [-0.05, 0) is 42.7 Å². The molecule has 0 bridgehead atoms. The summed E-state index contributed by atoms with van der Waals surface area (Å²) in [5.74, 6) is 1.17. The van der Waals surface area contributed by atoms with E-state index in [1.165, 1.54) is 12.8 Å². The Morgan fingerprint density at radius 1 is 1.56 bits per heavy atom. The smallest absolute Gasteiger partial charge is 0.258 e. The lowest BCUT2D eigenvalue weighted by molar-refractivity contribution is -0.384. The third kappa shape index (κ3) is 2.19. The molecule has 86 valence electrons. The number of halogens is 1. The van der Waals surface area contributed by atoms with E-state index in [0.29, 0.717) is 11.8 Å². The molecule has 4 heteroatoms. The van der Waals surface area contributed by atoms with E-state index in [0.717, 1.165) is 12.0 Å². The third-order valence-corrected chi connectivity index (χ3v) is 3.55. The summed E-state index contributed by atoms with van der Waals surface area (Å²) in [6.07, 6.45) is 3.52. The second-order valence-electron chi connectivity index (χ2n) is 4.32. The maximum Gasteiger partial charge on any atom is 0.288 e. The second-order valence-corrected chi connectivity index (χ2v) is 4.73. The lowest BCUT2D eigenvalue weighted by Gasteiger charge is -2.14. The molecule has 0 N–H and O–H groups in total. The maximum absolute atomic E-state index is 10.8. The molecular weight excluding hydrogens is 226 g/mol. The van der Waals surface area contributed by atoms with Crippen LogP contribution in [0, 0.1) is 16.0 Å². The van der Waals surface area contributed by atoms with Crippen LogP contribution < -0.4 is 0 Å². The predicted octanol–water partition coefficient (Wildman–Crippen LogP) is 4.15. The molecule has 16 heavy (non-hydrogen) atoms. The van der Waals surface area contributed by atoms with Crippen LogP contribution in [0.1, 0.15) is 37.7 Å². The van der Waals surface area contributed by atoms with Gasteiger partial charge in [-0.1, -0.05) is 24.6 Å². The van der Waals surface area contributed by atoms with Crippen molar-refractivity contribution in [3.05, 3.63) is 38.9 Å². The highest BCUT2D eigenvalue weighted by atomic mass is 35.5. The molecule has 1 unspecified atom stereocenters. The number of hydrogen-bond acceptors (Lipinski definition) is 2. The van der Waals surface area contributed by atoms with Crippen LogP contribution in [0.15, 0.2) is 18.2 Å². The van der Waals surface area contributed by atoms with Crippen LogP contribution in [0.25, 0.3) is 0 Å². The van der Waals surface area contributed by atoms with Gasteiger partial charge in [0.2, 0.25) is 0 Å². The summed E-state index contributed by atoms with van der Waals surface area (Å²) in [4.78, 5) is 10.4. The van der Waals surface area contributed by atoms with Gasteiger partial charge < -0.3 is 0 Å². The highest BCUT2D eigenvalue weighted by molar-refractivity contribution is 6.32. The van der Waals surface area contributed by atoms with E-state index >= 15 is 0 Å².